The quantitative estimate of drug-likeness (QED) is 0.321. The van der Waals surface area contributed by atoms with Crippen molar-refractivity contribution in [1.82, 2.24) is 0 Å². The summed E-state index contributed by atoms with van der Waals surface area (Å²) in [4.78, 5) is 0. The van der Waals surface area contributed by atoms with E-state index in [0.717, 1.165) is 17.4 Å². The van der Waals surface area contributed by atoms with Crippen LogP contribution < -0.4 is 48.4 Å². The van der Waals surface area contributed by atoms with Gasteiger partial charge in [0.15, 0.2) is 0 Å². The van der Waals surface area contributed by atoms with Crippen molar-refractivity contribution in [2.75, 3.05) is 0 Å². The van der Waals surface area contributed by atoms with Gasteiger partial charge in [-0.3, -0.25) is 0 Å². The van der Waals surface area contributed by atoms with Crippen molar-refractivity contribution >= 4 is 0 Å². The van der Waals surface area contributed by atoms with Gasteiger partial charge in [0.1, 0.15) is 0 Å². The van der Waals surface area contributed by atoms with Gasteiger partial charge in [0.05, 0.1) is 0 Å². The Morgan fingerprint density at radius 3 is 1.40 bits per heavy atom. The Hall–Kier alpha value is 2.49. The van der Waals surface area contributed by atoms with Gasteiger partial charge in [0.2, 0.25) is 0 Å². The topological polar surface area (TPSA) is 17.1 Å². The van der Waals surface area contributed by atoms with Crippen molar-refractivity contribution in [1.29, 1.82) is 0 Å². The summed E-state index contributed by atoms with van der Waals surface area (Å²) in [6, 6.07) is 0. The molecule has 0 spiro atoms. The van der Waals surface area contributed by atoms with Gasteiger partial charge in [-0.15, -0.1) is 0 Å². The molecule has 0 fully saturated rings. The van der Waals surface area contributed by atoms with Crippen LogP contribution in [-0.2, 0) is 37.8 Å². The summed E-state index contributed by atoms with van der Waals surface area (Å²) >= 11 is 1.06. The fourth-order valence-corrected chi connectivity index (χ4v) is 0. The van der Waals surface area contributed by atoms with Gasteiger partial charge >= 0.3 is 69.5 Å². The van der Waals surface area contributed by atoms with E-state index in [4.69, 9.17) is 3.67 Å². The van der Waals surface area contributed by atoms with Gasteiger partial charge in [-0.2, -0.15) is 0 Å². The van der Waals surface area contributed by atoms with Gasteiger partial charge in [0.25, 0.3) is 0 Å². The van der Waals surface area contributed by atoms with Gasteiger partial charge in [-0.1, -0.05) is 0 Å². The molecule has 0 aliphatic rings. The molecule has 0 N–H and O–H groups in total. The summed E-state index contributed by atoms with van der Waals surface area (Å²) in [5.74, 6) is 0. The zero-order chi connectivity index (χ0) is 2.00. The first-order valence-electron chi connectivity index (χ1n) is 0.183. The second-order valence-corrected chi connectivity index (χ2v) is 0. The van der Waals surface area contributed by atoms with E-state index in [9.17, 15) is 0 Å². The molecule has 0 aromatic rings. The molecule has 5 heavy (non-hydrogen) atoms. The Labute approximate surface area is 87.9 Å². The first kappa shape index (κ1) is 25.9. The maximum absolute atomic E-state index is 8.19. The van der Waals surface area contributed by atoms with E-state index in [0.29, 0.717) is 0 Å². The molecule has 5 heteroatoms. The van der Waals surface area contributed by atoms with Crippen LogP contribution in [0.25, 0.3) is 0 Å². The van der Waals surface area contributed by atoms with Crippen molar-refractivity contribution in [3.8, 4) is 0 Å². The van der Waals surface area contributed by atoms with Crippen LogP contribution >= 0.6 is 0 Å². The maximum atomic E-state index is 8.19. The molecular formula is H2CoLiNaOV. The van der Waals surface area contributed by atoms with Crippen LogP contribution in [0.2, 0.25) is 0 Å². The summed E-state index contributed by atoms with van der Waals surface area (Å²) in [7, 11) is 0. The van der Waals surface area contributed by atoms with Crippen LogP contribution in [-0.4, -0.2) is 0 Å². The van der Waals surface area contributed by atoms with E-state index in [1.807, 2.05) is 0 Å². The molecule has 0 atom stereocenters. The molecular weight excluding hydrogens is 156 g/mol. The predicted octanol–water partition coefficient (Wildman–Crippen LogP) is -5.89. The molecule has 0 heterocycles. The van der Waals surface area contributed by atoms with Gasteiger partial charge < -0.3 is 2.85 Å². The summed E-state index contributed by atoms with van der Waals surface area (Å²) in [6.45, 7) is 0. The zero-order valence-electron chi connectivity index (χ0n) is 5.19. The summed E-state index contributed by atoms with van der Waals surface area (Å²) in [5, 5.41) is 0. The molecule has 0 unspecified atom stereocenters. The van der Waals surface area contributed by atoms with Crippen molar-refractivity contribution < 1.29 is 89.1 Å². The van der Waals surface area contributed by atoms with Crippen molar-refractivity contribution in [2.45, 2.75) is 0 Å². The van der Waals surface area contributed by atoms with Crippen LogP contribution in [0.15, 0.2) is 0 Å². The Morgan fingerprint density at radius 2 is 1.40 bits per heavy atom. The Kier molecular flexibility index (Phi) is 164. The standard InChI is InChI=1S/Co.Li.Na.O.V.2H/q;2*+1;;;2*-1. The number of hydrogen-bond donors (Lipinski definition) is 0. The van der Waals surface area contributed by atoms with Gasteiger partial charge in [-0.05, 0) is 0 Å². The minimum atomic E-state index is 0. The average molecular weight is 158 g/mol. The Morgan fingerprint density at radius 1 is 1.40 bits per heavy atom. The molecule has 0 aromatic carbocycles. The number of rotatable bonds is 0. The third kappa shape index (κ3) is 21.1. The molecule has 0 saturated carbocycles. The molecule has 24 valence electrons. The van der Waals surface area contributed by atoms with Crippen molar-refractivity contribution in [2.24, 2.45) is 0 Å². The normalized spacial score (nSPS) is 0.600. The fourth-order valence-electron chi connectivity index (χ4n) is 0. The minimum absolute atomic E-state index is 0. The Bertz CT molecular complexity index is 17.7. The van der Waals surface area contributed by atoms with Gasteiger partial charge in [-0.25, -0.2) is 0 Å². The molecule has 0 amide bonds. The summed E-state index contributed by atoms with van der Waals surface area (Å²) < 4.78 is 8.19. The average Bonchev–Trinajstić information content (AvgIpc) is 1.00. The molecule has 1 radical (unpaired) electrons. The van der Waals surface area contributed by atoms with E-state index >= 15 is 0 Å². The second kappa shape index (κ2) is 31.6. The number of hydrogen-bond acceptors (Lipinski definition) is 1. The predicted molar refractivity (Wildman–Crippen MR) is 2.91 cm³/mol. The monoisotopic (exact) mass is 158 g/mol. The SMILES string of the molecule is [Co].[H-].[H-].[Li+].[Na+].[O]=[V]. The summed E-state index contributed by atoms with van der Waals surface area (Å²) in [6.07, 6.45) is 0. The van der Waals surface area contributed by atoms with E-state index < -0.39 is 0 Å². The van der Waals surface area contributed by atoms with Crippen LogP contribution in [0.4, 0.5) is 0 Å². The Balaban J connectivity index is -0.000000000500. The van der Waals surface area contributed by atoms with Crippen LogP contribution in [0.5, 0.6) is 0 Å². The molecule has 0 saturated heterocycles. The van der Waals surface area contributed by atoms with Crippen molar-refractivity contribution in [3.63, 3.8) is 0 Å². The van der Waals surface area contributed by atoms with Crippen LogP contribution in [0.1, 0.15) is 2.85 Å². The van der Waals surface area contributed by atoms with E-state index in [-0.39, 0.29) is 68.0 Å². The van der Waals surface area contributed by atoms with E-state index in [2.05, 4.69) is 0 Å². The molecule has 0 aliphatic carbocycles. The molecule has 0 aliphatic heterocycles. The first-order chi connectivity index (χ1) is 1.00. The van der Waals surface area contributed by atoms with Crippen LogP contribution in [0, 0.1) is 0 Å². The zero-order valence-corrected chi connectivity index (χ0v) is 7.63. The molecule has 0 aromatic heterocycles. The fraction of sp³-hybridized carbons (Fsp3) is 0. The van der Waals surface area contributed by atoms with Crippen molar-refractivity contribution in [3.05, 3.63) is 0 Å². The summed E-state index contributed by atoms with van der Waals surface area (Å²) in [5.41, 5.74) is 0. The third-order valence-corrected chi connectivity index (χ3v) is 0. The molecule has 0 bridgehead atoms. The first-order valence-corrected chi connectivity index (χ1v) is 0.753. The second-order valence-electron chi connectivity index (χ2n) is 0. The van der Waals surface area contributed by atoms with Crippen LogP contribution in [0.3, 0.4) is 0 Å². The molecule has 0 rings (SSSR count). The molecule has 1 nitrogen and oxygen atoms in total. The third-order valence-electron chi connectivity index (χ3n) is 0. The van der Waals surface area contributed by atoms with E-state index in [1.165, 1.54) is 0 Å². The van der Waals surface area contributed by atoms with E-state index in [1.54, 1.807) is 0 Å². The van der Waals surface area contributed by atoms with Gasteiger partial charge in [0, 0.05) is 16.8 Å².